The zero-order valence-electron chi connectivity index (χ0n) is 12.5. The summed E-state index contributed by atoms with van der Waals surface area (Å²) in [5, 5.41) is 4.97. The van der Waals surface area contributed by atoms with Crippen molar-refractivity contribution in [1.82, 2.24) is 10.3 Å². The molecule has 3 heteroatoms. The Hall–Kier alpha value is -0.410. The number of aromatic nitrogens is 1. The van der Waals surface area contributed by atoms with Gasteiger partial charge < -0.3 is 5.32 Å². The average molecular weight is 268 g/mol. The SMILES string of the molecule is CCCCC(CCC)NC(C)c1sc(C)nc1C. The third kappa shape index (κ3) is 4.69. The predicted octanol–water partition coefficient (Wildman–Crippen LogP) is 4.77. The lowest BCUT2D eigenvalue weighted by molar-refractivity contribution is 0.398. The van der Waals surface area contributed by atoms with Gasteiger partial charge in [-0.2, -0.15) is 0 Å². The quantitative estimate of drug-likeness (QED) is 0.734. The topological polar surface area (TPSA) is 24.9 Å². The highest BCUT2D eigenvalue weighted by Gasteiger charge is 2.16. The van der Waals surface area contributed by atoms with Gasteiger partial charge in [0.05, 0.1) is 10.7 Å². The minimum atomic E-state index is 0.435. The summed E-state index contributed by atoms with van der Waals surface area (Å²) in [6.45, 7) is 11.0. The first-order valence-electron chi connectivity index (χ1n) is 7.28. The Morgan fingerprint density at radius 2 is 1.89 bits per heavy atom. The molecule has 0 aliphatic rings. The van der Waals surface area contributed by atoms with Crippen LogP contribution in [0.15, 0.2) is 0 Å². The van der Waals surface area contributed by atoms with Gasteiger partial charge in [0.25, 0.3) is 0 Å². The highest BCUT2D eigenvalue weighted by Crippen LogP contribution is 2.25. The first kappa shape index (κ1) is 15.6. The highest BCUT2D eigenvalue weighted by molar-refractivity contribution is 7.11. The van der Waals surface area contributed by atoms with Crippen LogP contribution in [0.1, 0.15) is 74.5 Å². The lowest BCUT2D eigenvalue weighted by Crippen LogP contribution is -2.31. The predicted molar refractivity (Wildman–Crippen MR) is 81.4 cm³/mol. The molecule has 2 atom stereocenters. The maximum absolute atomic E-state index is 4.53. The van der Waals surface area contributed by atoms with Crippen LogP contribution in [0.4, 0.5) is 0 Å². The Balaban J connectivity index is 2.59. The standard InChI is InChI=1S/C15H28N2S/c1-6-8-10-14(9-7-2)17-12(4)15-11(3)16-13(5)18-15/h12,14,17H,6-10H2,1-5H3. The number of aryl methyl sites for hydroxylation is 2. The summed E-state index contributed by atoms with van der Waals surface area (Å²) in [7, 11) is 0. The monoisotopic (exact) mass is 268 g/mol. The molecule has 0 saturated heterocycles. The maximum Gasteiger partial charge on any atom is 0.0900 e. The average Bonchev–Trinajstić information content (AvgIpc) is 2.65. The molecule has 0 bridgehead atoms. The fourth-order valence-corrected chi connectivity index (χ4v) is 3.43. The van der Waals surface area contributed by atoms with Crippen LogP contribution in [0.3, 0.4) is 0 Å². The molecule has 1 heterocycles. The number of hydrogen-bond donors (Lipinski definition) is 1. The van der Waals surface area contributed by atoms with Crippen molar-refractivity contribution < 1.29 is 0 Å². The van der Waals surface area contributed by atoms with Gasteiger partial charge in [0.1, 0.15) is 0 Å². The Bertz CT molecular complexity index is 346. The van der Waals surface area contributed by atoms with Crippen molar-refractivity contribution in [3.05, 3.63) is 15.6 Å². The zero-order valence-corrected chi connectivity index (χ0v) is 13.4. The molecule has 0 radical (unpaired) electrons. The molecule has 2 nitrogen and oxygen atoms in total. The minimum Gasteiger partial charge on any atom is -0.307 e. The Kier molecular flexibility index (Phi) is 6.87. The van der Waals surface area contributed by atoms with Gasteiger partial charge in [0, 0.05) is 17.0 Å². The van der Waals surface area contributed by atoms with Crippen LogP contribution in [0.2, 0.25) is 0 Å². The van der Waals surface area contributed by atoms with E-state index < -0.39 is 0 Å². The number of hydrogen-bond acceptors (Lipinski definition) is 3. The Labute approximate surface area is 116 Å². The fraction of sp³-hybridized carbons (Fsp3) is 0.800. The molecule has 0 aliphatic heterocycles. The maximum atomic E-state index is 4.53. The van der Waals surface area contributed by atoms with Gasteiger partial charge in [-0.05, 0) is 33.6 Å². The van der Waals surface area contributed by atoms with E-state index in [-0.39, 0.29) is 0 Å². The van der Waals surface area contributed by atoms with Crippen LogP contribution in [0.25, 0.3) is 0 Å². The molecule has 0 aliphatic carbocycles. The van der Waals surface area contributed by atoms with Crippen molar-refractivity contribution in [2.75, 3.05) is 0 Å². The van der Waals surface area contributed by atoms with E-state index in [1.807, 2.05) is 11.3 Å². The third-order valence-electron chi connectivity index (χ3n) is 3.36. The molecule has 1 N–H and O–H groups in total. The van der Waals surface area contributed by atoms with Crippen molar-refractivity contribution in [2.45, 2.75) is 78.8 Å². The van der Waals surface area contributed by atoms with Gasteiger partial charge >= 0.3 is 0 Å². The lowest BCUT2D eigenvalue weighted by Gasteiger charge is -2.22. The Morgan fingerprint density at radius 1 is 1.17 bits per heavy atom. The van der Waals surface area contributed by atoms with Gasteiger partial charge in [-0.15, -0.1) is 11.3 Å². The summed E-state index contributed by atoms with van der Waals surface area (Å²) in [5.74, 6) is 0. The second-order valence-corrected chi connectivity index (χ2v) is 6.43. The summed E-state index contributed by atoms with van der Waals surface area (Å²) in [4.78, 5) is 5.93. The van der Waals surface area contributed by atoms with E-state index in [1.165, 1.54) is 47.7 Å². The van der Waals surface area contributed by atoms with Crippen LogP contribution >= 0.6 is 11.3 Å². The molecule has 0 fully saturated rings. The molecule has 2 unspecified atom stereocenters. The first-order chi connectivity index (χ1) is 8.58. The minimum absolute atomic E-state index is 0.435. The number of nitrogens with one attached hydrogen (secondary N) is 1. The van der Waals surface area contributed by atoms with E-state index in [0.717, 1.165) is 0 Å². The van der Waals surface area contributed by atoms with E-state index in [2.05, 4.69) is 44.9 Å². The lowest BCUT2D eigenvalue weighted by atomic mass is 10.0. The van der Waals surface area contributed by atoms with Crippen molar-refractivity contribution in [2.24, 2.45) is 0 Å². The van der Waals surface area contributed by atoms with Crippen LogP contribution in [0, 0.1) is 13.8 Å². The molecule has 18 heavy (non-hydrogen) atoms. The van der Waals surface area contributed by atoms with Crippen LogP contribution in [0.5, 0.6) is 0 Å². The molecule has 0 amide bonds. The van der Waals surface area contributed by atoms with E-state index in [9.17, 15) is 0 Å². The Morgan fingerprint density at radius 3 is 2.39 bits per heavy atom. The van der Waals surface area contributed by atoms with Crippen molar-refractivity contribution in [3.63, 3.8) is 0 Å². The van der Waals surface area contributed by atoms with E-state index in [1.54, 1.807) is 0 Å². The first-order valence-corrected chi connectivity index (χ1v) is 8.10. The highest BCUT2D eigenvalue weighted by atomic mass is 32.1. The second kappa shape index (κ2) is 7.90. The van der Waals surface area contributed by atoms with Gasteiger partial charge in [0.15, 0.2) is 0 Å². The van der Waals surface area contributed by atoms with Gasteiger partial charge in [-0.1, -0.05) is 33.1 Å². The molecule has 0 spiro atoms. The van der Waals surface area contributed by atoms with Crippen LogP contribution < -0.4 is 5.32 Å². The van der Waals surface area contributed by atoms with E-state index in [0.29, 0.717) is 12.1 Å². The number of rotatable bonds is 8. The molecule has 1 aromatic heterocycles. The molecular weight excluding hydrogens is 240 g/mol. The summed E-state index contributed by atoms with van der Waals surface area (Å²) in [5.41, 5.74) is 1.20. The molecule has 0 saturated carbocycles. The molecule has 1 aromatic rings. The smallest absolute Gasteiger partial charge is 0.0900 e. The van der Waals surface area contributed by atoms with E-state index >= 15 is 0 Å². The largest absolute Gasteiger partial charge is 0.307 e. The summed E-state index contributed by atoms with van der Waals surface area (Å²) in [6.07, 6.45) is 6.45. The van der Waals surface area contributed by atoms with E-state index in [4.69, 9.17) is 0 Å². The summed E-state index contributed by atoms with van der Waals surface area (Å²) >= 11 is 1.83. The number of thiazole rings is 1. The summed E-state index contributed by atoms with van der Waals surface area (Å²) in [6, 6.07) is 1.09. The molecule has 0 aromatic carbocycles. The van der Waals surface area contributed by atoms with Gasteiger partial charge in [-0.3, -0.25) is 0 Å². The second-order valence-electron chi connectivity index (χ2n) is 5.20. The van der Waals surface area contributed by atoms with Gasteiger partial charge in [-0.25, -0.2) is 4.98 Å². The van der Waals surface area contributed by atoms with Crippen LogP contribution in [-0.2, 0) is 0 Å². The zero-order chi connectivity index (χ0) is 13.5. The molecular formula is C15H28N2S. The normalized spacial score (nSPS) is 14.7. The number of unbranched alkanes of at least 4 members (excludes halogenated alkanes) is 1. The molecule has 104 valence electrons. The van der Waals surface area contributed by atoms with Crippen LogP contribution in [-0.4, -0.2) is 11.0 Å². The summed E-state index contributed by atoms with van der Waals surface area (Å²) < 4.78 is 0. The third-order valence-corrected chi connectivity index (χ3v) is 4.62. The van der Waals surface area contributed by atoms with Gasteiger partial charge in [0.2, 0.25) is 0 Å². The molecule has 1 rings (SSSR count). The number of nitrogens with zero attached hydrogens (tertiary/aromatic N) is 1. The van der Waals surface area contributed by atoms with Crippen molar-refractivity contribution in [1.29, 1.82) is 0 Å². The fourth-order valence-electron chi connectivity index (χ4n) is 2.49. The van der Waals surface area contributed by atoms with Crippen molar-refractivity contribution in [3.8, 4) is 0 Å². The van der Waals surface area contributed by atoms with Crippen molar-refractivity contribution >= 4 is 11.3 Å².